The van der Waals surface area contributed by atoms with E-state index in [0.29, 0.717) is 18.7 Å². The molecule has 1 heterocycles. The number of anilines is 1. The van der Waals surface area contributed by atoms with E-state index in [1.165, 1.54) is 6.07 Å². The summed E-state index contributed by atoms with van der Waals surface area (Å²) < 4.78 is 0. The summed E-state index contributed by atoms with van der Waals surface area (Å²) in [4.78, 5) is 21.1. The highest BCUT2D eigenvalue weighted by Gasteiger charge is 2.07. The van der Waals surface area contributed by atoms with Crippen molar-refractivity contribution >= 4 is 17.7 Å². The van der Waals surface area contributed by atoms with Crippen LogP contribution in [0.2, 0.25) is 0 Å². The van der Waals surface area contributed by atoms with E-state index in [9.17, 15) is 9.59 Å². The van der Waals surface area contributed by atoms with Crippen molar-refractivity contribution in [2.75, 3.05) is 5.32 Å². The zero-order valence-corrected chi connectivity index (χ0v) is 10.1. The van der Waals surface area contributed by atoms with Crippen molar-refractivity contribution in [3.05, 3.63) is 17.8 Å². The van der Waals surface area contributed by atoms with Gasteiger partial charge in [-0.1, -0.05) is 0 Å². The Balaban J connectivity index is 2.41. The Morgan fingerprint density at radius 1 is 1.44 bits per heavy atom. The number of aliphatic carboxylic acids is 1. The van der Waals surface area contributed by atoms with E-state index >= 15 is 0 Å². The topological polar surface area (TPSA) is 118 Å². The molecule has 7 heteroatoms. The van der Waals surface area contributed by atoms with Crippen molar-refractivity contribution in [1.82, 2.24) is 10.2 Å². The minimum Gasteiger partial charge on any atom is -0.481 e. The summed E-state index contributed by atoms with van der Waals surface area (Å²) in [5, 5.41) is 19.0. The molecule has 0 aromatic carbocycles. The summed E-state index contributed by atoms with van der Waals surface area (Å²) >= 11 is 0. The van der Waals surface area contributed by atoms with Crippen LogP contribution in [-0.2, 0) is 4.79 Å². The Labute approximate surface area is 104 Å². The van der Waals surface area contributed by atoms with Crippen LogP contribution in [0.5, 0.6) is 0 Å². The van der Waals surface area contributed by atoms with Gasteiger partial charge in [-0.3, -0.25) is 9.59 Å². The van der Waals surface area contributed by atoms with Gasteiger partial charge in [0.05, 0.1) is 0 Å². The molecule has 1 aromatic heterocycles. The predicted molar refractivity (Wildman–Crippen MR) is 65.1 cm³/mol. The number of nitrogens with one attached hydrogen (secondary N) is 1. The molecule has 0 aliphatic heterocycles. The van der Waals surface area contributed by atoms with E-state index in [1.807, 2.05) is 6.92 Å². The molecule has 0 radical (unpaired) electrons. The summed E-state index contributed by atoms with van der Waals surface area (Å²) in [5.41, 5.74) is 5.15. The van der Waals surface area contributed by atoms with E-state index < -0.39 is 11.9 Å². The van der Waals surface area contributed by atoms with Crippen LogP contribution >= 0.6 is 0 Å². The molecule has 1 aromatic rings. The van der Waals surface area contributed by atoms with Gasteiger partial charge in [0.15, 0.2) is 5.69 Å². The quantitative estimate of drug-likeness (QED) is 0.655. The molecule has 0 saturated heterocycles. The first kappa shape index (κ1) is 13.9. The predicted octanol–water partition coefficient (Wildman–Crippen LogP) is 0.631. The van der Waals surface area contributed by atoms with E-state index in [4.69, 9.17) is 10.8 Å². The fraction of sp³-hybridized carbons (Fsp3) is 0.455. The number of carboxylic acid groups (broad SMARTS) is 1. The number of nitrogens with zero attached hydrogens (tertiary/aromatic N) is 2. The molecule has 1 unspecified atom stereocenters. The number of aromatic nitrogens is 2. The minimum atomic E-state index is -0.798. The normalized spacial score (nSPS) is 11.8. The second-order valence-corrected chi connectivity index (χ2v) is 4.00. The van der Waals surface area contributed by atoms with Crippen molar-refractivity contribution < 1.29 is 14.7 Å². The van der Waals surface area contributed by atoms with Crippen LogP contribution < -0.4 is 11.1 Å². The molecule has 18 heavy (non-hydrogen) atoms. The largest absolute Gasteiger partial charge is 0.481 e. The number of primary amides is 1. The summed E-state index contributed by atoms with van der Waals surface area (Å²) in [7, 11) is 0. The summed E-state index contributed by atoms with van der Waals surface area (Å²) in [5.74, 6) is -0.890. The molecule has 0 aliphatic carbocycles. The van der Waals surface area contributed by atoms with E-state index in [-0.39, 0.29) is 18.2 Å². The summed E-state index contributed by atoms with van der Waals surface area (Å²) in [6.07, 6.45) is 1.46. The van der Waals surface area contributed by atoms with Crippen molar-refractivity contribution in [2.24, 2.45) is 5.73 Å². The molecule has 1 rings (SSSR count). The first-order valence-corrected chi connectivity index (χ1v) is 5.61. The Morgan fingerprint density at radius 2 is 2.17 bits per heavy atom. The smallest absolute Gasteiger partial charge is 0.303 e. The molecular weight excluding hydrogens is 236 g/mol. The molecule has 7 nitrogen and oxygen atoms in total. The van der Waals surface area contributed by atoms with Crippen molar-refractivity contribution in [1.29, 1.82) is 0 Å². The first-order chi connectivity index (χ1) is 8.49. The minimum absolute atomic E-state index is 0.0816. The lowest BCUT2D eigenvalue weighted by atomic mass is 10.1. The average molecular weight is 252 g/mol. The van der Waals surface area contributed by atoms with Crippen LogP contribution in [0.25, 0.3) is 0 Å². The number of nitrogens with two attached hydrogens (primary N) is 1. The number of carbonyl (C=O) groups is 2. The Kier molecular flexibility index (Phi) is 5.04. The summed E-state index contributed by atoms with van der Waals surface area (Å²) in [6.45, 7) is 1.92. The SMILES string of the molecule is CC(CCCC(=O)O)Nc1ccc(C(N)=O)nn1. The molecule has 98 valence electrons. The average Bonchev–Trinajstić information content (AvgIpc) is 2.29. The van der Waals surface area contributed by atoms with Crippen LogP contribution in [0, 0.1) is 0 Å². The van der Waals surface area contributed by atoms with Crippen LogP contribution in [-0.4, -0.2) is 33.2 Å². The number of hydrogen-bond acceptors (Lipinski definition) is 5. The van der Waals surface area contributed by atoms with Crippen LogP contribution in [0.1, 0.15) is 36.7 Å². The monoisotopic (exact) mass is 252 g/mol. The zero-order chi connectivity index (χ0) is 13.5. The van der Waals surface area contributed by atoms with Gasteiger partial charge in [-0.05, 0) is 31.9 Å². The van der Waals surface area contributed by atoms with Gasteiger partial charge in [0.2, 0.25) is 0 Å². The Hall–Kier alpha value is -2.18. The standard InChI is InChI=1S/C11H16N4O3/c1-7(3-2-4-10(16)17)13-9-6-5-8(11(12)18)14-15-9/h5-7H,2-4H2,1H3,(H2,12,18)(H,13,15)(H,16,17). The van der Waals surface area contributed by atoms with E-state index in [2.05, 4.69) is 15.5 Å². The van der Waals surface area contributed by atoms with Gasteiger partial charge in [-0.2, -0.15) is 0 Å². The zero-order valence-electron chi connectivity index (χ0n) is 10.1. The number of carbonyl (C=O) groups excluding carboxylic acids is 1. The fourth-order valence-electron chi connectivity index (χ4n) is 1.42. The molecule has 0 bridgehead atoms. The second kappa shape index (κ2) is 6.53. The van der Waals surface area contributed by atoms with Crippen molar-refractivity contribution in [2.45, 2.75) is 32.2 Å². The number of hydrogen-bond donors (Lipinski definition) is 3. The maximum Gasteiger partial charge on any atom is 0.303 e. The van der Waals surface area contributed by atoms with Gasteiger partial charge in [0.25, 0.3) is 5.91 Å². The lowest BCUT2D eigenvalue weighted by Gasteiger charge is -2.13. The molecule has 0 saturated carbocycles. The molecule has 0 spiro atoms. The second-order valence-electron chi connectivity index (χ2n) is 4.00. The maximum absolute atomic E-state index is 10.8. The lowest BCUT2D eigenvalue weighted by Crippen LogP contribution is -2.18. The van der Waals surface area contributed by atoms with Gasteiger partial charge in [0.1, 0.15) is 5.82 Å². The van der Waals surface area contributed by atoms with Gasteiger partial charge in [0, 0.05) is 12.5 Å². The Bertz CT molecular complexity index is 419. The molecule has 0 aliphatic rings. The lowest BCUT2D eigenvalue weighted by molar-refractivity contribution is -0.137. The highest BCUT2D eigenvalue weighted by atomic mass is 16.4. The highest BCUT2D eigenvalue weighted by molar-refractivity contribution is 5.90. The molecule has 4 N–H and O–H groups in total. The summed E-state index contributed by atoms with van der Waals surface area (Å²) in [6, 6.07) is 3.18. The Morgan fingerprint density at radius 3 is 2.67 bits per heavy atom. The van der Waals surface area contributed by atoms with Gasteiger partial charge >= 0.3 is 5.97 Å². The van der Waals surface area contributed by atoms with Gasteiger partial charge in [-0.25, -0.2) is 0 Å². The molecule has 1 atom stereocenters. The van der Waals surface area contributed by atoms with Crippen molar-refractivity contribution in [3.8, 4) is 0 Å². The fourth-order valence-corrected chi connectivity index (χ4v) is 1.42. The molecule has 1 amide bonds. The third-order valence-electron chi connectivity index (χ3n) is 2.34. The van der Waals surface area contributed by atoms with Gasteiger partial charge < -0.3 is 16.2 Å². The maximum atomic E-state index is 10.8. The molecular formula is C11H16N4O3. The number of carboxylic acids is 1. The number of amides is 1. The van der Waals surface area contributed by atoms with E-state index in [1.54, 1.807) is 6.07 Å². The van der Waals surface area contributed by atoms with E-state index in [0.717, 1.165) is 0 Å². The first-order valence-electron chi connectivity index (χ1n) is 5.61. The highest BCUT2D eigenvalue weighted by Crippen LogP contribution is 2.08. The van der Waals surface area contributed by atoms with Gasteiger partial charge in [-0.15, -0.1) is 10.2 Å². The van der Waals surface area contributed by atoms with Crippen LogP contribution in [0.3, 0.4) is 0 Å². The third-order valence-corrected chi connectivity index (χ3v) is 2.34. The number of rotatable bonds is 7. The molecule has 0 fully saturated rings. The van der Waals surface area contributed by atoms with Crippen LogP contribution in [0.15, 0.2) is 12.1 Å². The third kappa shape index (κ3) is 4.77. The van der Waals surface area contributed by atoms with Crippen molar-refractivity contribution in [3.63, 3.8) is 0 Å². The van der Waals surface area contributed by atoms with Crippen LogP contribution in [0.4, 0.5) is 5.82 Å².